The quantitative estimate of drug-likeness (QED) is 0.582. The summed E-state index contributed by atoms with van der Waals surface area (Å²) in [5.74, 6) is 0.632. The minimum atomic E-state index is -0.154. The van der Waals surface area contributed by atoms with Gasteiger partial charge >= 0.3 is 0 Å². The SMILES string of the molecule is CCCNC(=O)c1csc(COc2ccc3c(c2)C(c2ccccc2)N(C(C)=O)CC3)n1. The van der Waals surface area contributed by atoms with Gasteiger partial charge in [-0.05, 0) is 41.7 Å². The standard InChI is InChI=1S/C25H27N3O3S/c1-3-12-26-25(30)22-16-32-23(27-22)15-31-20-10-9-18-11-13-28(17(2)29)24(21(18)14-20)19-7-5-4-6-8-19/h4-10,14,16,24H,3,11-13,15H2,1-2H3,(H,26,30). The Bertz CT molecular complexity index is 1100. The number of ether oxygens (including phenoxy) is 1. The lowest BCUT2D eigenvalue weighted by molar-refractivity contribution is -0.130. The Balaban J connectivity index is 1.53. The molecule has 32 heavy (non-hydrogen) atoms. The van der Waals surface area contributed by atoms with Crippen molar-refractivity contribution in [1.29, 1.82) is 0 Å². The van der Waals surface area contributed by atoms with Gasteiger partial charge in [0, 0.05) is 25.4 Å². The van der Waals surface area contributed by atoms with Gasteiger partial charge in [-0.15, -0.1) is 11.3 Å². The van der Waals surface area contributed by atoms with E-state index in [4.69, 9.17) is 4.74 Å². The molecule has 0 aliphatic carbocycles. The summed E-state index contributed by atoms with van der Waals surface area (Å²) in [6, 6.07) is 16.1. The summed E-state index contributed by atoms with van der Waals surface area (Å²) >= 11 is 1.41. The number of hydrogen-bond acceptors (Lipinski definition) is 5. The van der Waals surface area contributed by atoms with Crippen LogP contribution >= 0.6 is 11.3 Å². The summed E-state index contributed by atoms with van der Waals surface area (Å²) in [5.41, 5.74) is 3.83. The first kappa shape index (κ1) is 22.0. The number of carbonyl (C=O) groups excluding carboxylic acids is 2. The number of aromatic nitrogens is 1. The third kappa shape index (κ3) is 4.83. The Labute approximate surface area is 192 Å². The van der Waals surface area contributed by atoms with Crippen molar-refractivity contribution in [2.75, 3.05) is 13.1 Å². The van der Waals surface area contributed by atoms with Gasteiger partial charge in [0.15, 0.2) is 0 Å². The molecule has 1 aromatic heterocycles. The Morgan fingerprint density at radius 2 is 2.03 bits per heavy atom. The Morgan fingerprint density at radius 3 is 2.78 bits per heavy atom. The van der Waals surface area contributed by atoms with Crippen LogP contribution in [0.3, 0.4) is 0 Å². The molecule has 0 saturated heterocycles. The second-order valence-corrected chi connectivity index (χ2v) is 8.75. The highest BCUT2D eigenvalue weighted by atomic mass is 32.1. The molecule has 4 rings (SSSR count). The van der Waals surface area contributed by atoms with E-state index in [1.165, 1.54) is 16.9 Å². The highest BCUT2D eigenvalue weighted by molar-refractivity contribution is 7.09. The first-order valence-electron chi connectivity index (χ1n) is 10.9. The molecule has 1 N–H and O–H groups in total. The van der Waals surface area contributed by atoms with E-state index in [1.807, 2.05) is 42.2 Å². The average molecular weight is 450 g/mol. The van der Waals surface area contributed by atoms with Crippen molar-refractivity contribution < 1.29 is 14.3 Å². The molecule has 7 heteroatoms. The fraction of sp³-hybridized carbons (Fsp3) is 0.320. The lowest BCUT2D eigenvalue weighted by Gasteiger charge is -2.37. The van der Waals surface area contributed by atoms with Gasteiger partial charge in [-0.25, -0.2) is 4.98 Å². The smallest absolute Gasteiger partial charge is 0.270 e. The van der Waals surface area contributed by atoms with Crippen LogP contribution in [0.2, 0.25) is 0 Å². The van der Waals surface area contributed by atoms with E-state index in [0.717, 1.165) is 34.7 Å². The molecule has 6 nitrogen and oxygen atoms in total. The van der Waals surface area contributed by atoms with Crippen molar-refractivity contribution in [3.05, 3.63) is 81.3 Å². The van der Waals surface area contributed by atoms with Gasteiger partial charge in [0.1, 0.15) is 23.1 Å². The second kappa shape index (κ2) is 9.96. The number of thiazole rings is 1. The molecule has 1 aliphatic rings. The van der Waals surface area contributed by atoms with Gasteiger partial charge in [-0.2, -0.15) is 0 Å². The molecule has 0 bridgehead atoms. The van der Waals surface area contributed by atoms with E-state index in [-0.39, 0.29) is 24.5 Å². The van der Waals surface area contributed by atoms with Gasteiger partial charge in [0.2, 0.25) is 5.91 Å². The lowest BCUT2D eigenvalue weighted by atomic mass is 9.88. The first-order chi connectivity index (χ1) is 15.6. The number of benzene rings is 2. The van der Waals surface area contributed by atoms with E-state index in [1.54, 1.807) is 12.3 Å². The number of hydrogen-bond donors (Lipinski definition) is 1. The molecule has 2 amide bonds. The van der Waals surface area contributed by atoms with Crippen LogP contribution in [-0.2, 0) is 17.8 Å². The lowest BCUT2D eigenvalue weighted by Crippen LogP contribution is -2.39. The monoisotopic (exact) mass is 449 g/mol. The van der Waals surface area contributed by atoms with E-state index in [2.05, 4.69) is 28.5 Å². The van der Waals surface area contributed by atoms with Crippen LogP contribution in [-0.4, -0.2) is 34.8 Å². The van der Waals surface area contributed by atoms with Gasteiger partial charge in [0.25, 0.3) is 5.91 Å². The number of fused-ring (bicyclic) bond motifs is 1. The summed E-state index contributed by atoms with van der Waals surface area (Å²) in [6.07, 6.45) is 1.70. The number of carbonyl (C=O) groups is 2. The van der Waals surface area contributed by atoms with E-state index in [0.29, 0.717) is 18.8 Å². The molecular weight excluding hydrogens is 422 g/mol. The van der Waals surface area contributed by atoms with E-state index < -0.39 is 0 Å². The van der Waals surface area contributed by atoms with E-state index in [9.17, 15) is 9.59 Å². The number of nitrogens with zero attached hydrogens (tertiary/aromatic N) is 2. The summed E-state index contributed by atoms with van der Waals surface area (Å²) in [7, 11) is 0. The van der Waals surface area contributed by atoms with Crippen LogP contribution < -0.4 is 10.1 Å². The van der Waals surface area contributed by atoms with Crippen LogP contribution in [0, 0.1) is 0 Å². The maximum atomic E-state index is 12.4. The molecule has 0 radical (unpaired) electrons. The zero-order valence-electron chi connectivity index (χ0n) is 18.3. The molecule has 1 aliphatic heterocycles. The topological polar surface area (TPSA) is 71.5 Å². The molecule has 0 saturated carbocycles. The molecule has 2 aromatic carbocycles. The molecule has 0 spiro atoms. The maximum Gasteiger partial charge on any atom is 0.270 e. The molecule has 3 aromatic rings. The van der Waals surface area contributed by atoms with Crippen molar-refractivity contribution in [3.8, 4) is 5.75 Å². The van der Waals surface area contributed by atoms with Crippen LogP contribution in [0.25, 0.3) is 0 Å². The van der Waals surface area contributed by atoms with Gasteiger partial charge in [-0.3, -0.25) is 9.59 Å². The zero-order valence-corrected chi connectivity index (χ0v) is 19.2. The average Bonchev–Trinajstić information content (AvgIpc) is 3.30. The van der Waals surface area contributed by atoms with Crippen molar-refractivity contribution in [2.24, 2.45) is 0 Å². The van der Waals surface area contributed by atoms with Crippen LogP contribution in [0.5, 0.6) is 5.75 Å². The minimum absolute atomic E-state index is 0.0625. The fourth-order valence-electron chi connectivity index (χ4n) is 3.97. The highest BCUT2D eigenvalue weighted by Gasteiger charge is 2.30. The van der Waals surface area contributed by atoms with Crippen molar-refractivity contribution in [3.63, 3.8) is 0 Å². The molecule has 166 valence electrons. The van der Waals surface area contributed by atoms with Gasteiger partial charge < -0.3 is 15.0 Å². The molecule has 0 fully saturated rings. The third-order valence-corrected chi connectivity index (χ3v) is 6.37. The first-order valence-corrected chi connectivity index (χ1v) is 11.7. The number of amides is 2. The number of nitrogens with one attached hydrogen (secondary N) is 1. The number of rotatable bonds is 7. The minimum Gasteiger partial charge on any atom is -0.486 e. The van der Waals surface area contributed by atoms with E-state index >= 15 is 0 Å². The Morgan fingerprint density at radius 1 is 1.22 bits per heavy atom. The largest absolute Gasteiger partial charge is 0.486 e. The summed E-state index contributed by atoms with van der Waals surface area (Å²) < 4.78 is 6.03. The maximum absolute atomic E-state index is 12.4. The Kier molecular flexibility index (Phi) is 6.85. The van der Waals surface area contributed by atoms with Crippen LogP contribution in [0.4, 0.5) is 0 Å². The van der Waals surface area contributed by atoms with Crippen molar-refractivity contribution in [2.45, 2.75) is 39.3 Å². The highest BCUT2D eigenvalue weighted by Crippen LogP contribution is 2.37. The third-order valence-electron chi connectivity index (χ3n) is 5.55. The summed E-state index contributed by atoms with van der Waals surface area (Å²) in [4.78, 5) is 30.7. The second-order valence-electron chi connectivity index (χ2n) is 7.81. The molecule has 1 unspecified atom stereocenters. The summed E-state index contributed by atoms with van der Waals surface area (Å²) in [5, 5.41) is 5.34. The van der Waals surface area contributed by atoms with Gasteiger partial charge in [0.05, 0.1) is 6.04 Å². The molecule has 1 atom stereocenters. The molecule has 2 heterocycles. The van der Waals surface area contributed by atoms with Gasteiger partial charge in [-0.1, -0.05) is 43.3 Å². The predicted molar refractivity (Wildman–Crippen MR) is 125 cm³/mol. The predicted octanol–water partition coefficient (Wildman–Crippen LogP) is 4.36. The van der Waals surface area contributed by atoms with Crippen molar-refractivity contribution in [1.82, 2.24) is 15.2 Å². The van der Waals surface area contributed by atoms with Crippen molar-refractivity contribution >= 4 is 23.2 Å². The summed E-state index contributed by atoms with van der Waals surface area (Å²) in [6.45, 7) is 5.26. The Hall–Kier alpha value is -3.19. The molecular formula is C25H27N3O3S. The fourth-order valence-corrected chi connectivity index (χ4v) is 4.66. The van der Waals surface area contributed by atoms with Crippen LogP contribution in [0.15, 0.2) is 53.9 Å². The normalized spacial score (nSPS) is 15.2. The van der Waals surface area contributed by atoms with Crippen LogP contribution in [0.1, 0.15) is 58.5 Å². The zero-order chi connectivity index (χ0) is 22.5.